The second-order valence-corrected chi connectivity index (χ2v) is 9.80. The first-order valence-corrected chi connectivity index (χ1v) is 12.2. The second-order valence-electron chi connectivity index (χ2n) is 9.45. The van der Waals surface area contributed by atoms with Crippen molar-refractivity contribution in [3.05, 3.63) is 77.3 Å². The number of unbranched alkanes of at least 4 members (excludes halogenated alkanes) is 1. The smallest absolute Gasteiger partial charge is 0.428 e. The number of pyridine rings is 1. The number of nitrogens with zero attached hydrogens (tertiary/aromatic N) is 3. The van der Waals surface area contributed by atoms with Crippen LogP contribution in [0.3, 0.4) is 0 Å². The third-order valence-corrected chi connectivity index (χ3v) is 5.81. The van der Waals surface area contributed by atoms with Gasteiger partial charge in [0, 0.05) is 24.7 Å². The van der Waals surface area contributed by atoms with Crippen molar-refractivity contribution in [3.63, 3.8) is 0 Å². The molecule has 0 aliphatic carbocycles. The van der Waals surface area contributed by atoms with Gasteiger partial charge in [-0.15, -0.1) is 0 Å². The molecule has 6 nitrogen and oxygen atoms in total. The van der Waals surface area contributed by atoms with Crippen LogP contribution in [0.2, 0.25) is 5.15 Å². The van der Waals surface area contributed by atoms with Gasteiger partial charge in [0.25, 0.3) is 0 Å². The Morgan fingerprint density at radius 1 is 1.06 bits per heavy atom. The van der Waals surface area contributed by atoms with E-state index in [4.69, 9.17) is 26.1 Å². The van der Waals surface area contributed by atoms with E-state index in [2.05, 4.69) is 28.6 Å². The van der Waals surface area contributed by atoms with Crippen molar-refractivity contribution in [2.75, 3.05) is 0 Å². The van der Waals surface area contributed by atoms with Gasteiger partial charge in [-0.3, -0.25) is 0 Å². The molecule has 2 heterocycles. The zero-order valence-corrected chi connectivity index (χ0v) is 21.3. The fraction of sp³-hybridized carbons (Fsp3) is 0.321. The number of para-hydroxylation sites is 1. The van der Waals surface area contributed by atoms with Gasteiger partial charge in [0.2, 0.25) is 0 Å². The highest BCUT2D eigenvalue weighted by Crippen LogP contribution is 2.31. The number of fused-ring (bicyclic) bond motifs is 1. The Labute approximate surface area is 210 Å². The molecule has 0 saturated carbocycles. The van der Waals surface area contributed by atoms with Crippen molar-refractivity contribution in [3.8, 4) is 16.9 Å². The van der Waals surface area contributed by atoms with E-state index in [1.807, 2.05) is 36.4 Å². The molecule has 2 aromatic carbocycles. The van der Waals surface area contributed by atoms with E-state index in [-0.39, 0.29) is 0 Å². The molecule has 0 atom stereocenters. The summed E-state index contributed by atoms with van der Waals surface area (Å²) in [5.41, 5.74) is 3.99. The highest BCUT2D eigenvalue weighted by Gasteiger charge is 2.19. The van der Waals surface area contributed by atoms with Crippen LogP contribution in [-0.4, -0.2) is 26.3 Å². The van der Waals surface area contributed by atoms with Gasteiger partial charge in [-0.05, 0) is 50.5 Å². The monoisotopic (exact) mass is 491 g/mol. The first-order valence-electron chi connectivity index (χ1n) is 11.8. The highest BCUT2D eigenvalue weighted by atomic mass is 35.5. The lowest BCUT2D eigenvalue weighted by Gasteiger charge is -2.19. The Hall–Kier alpha value is -3.38. The van der Waals surface area contributed by atoms with Crippen molar-refractivity contribution in [1.82, 2.24) is 14.5 Å². The summed E-state index contributed by atoms with van der Waals surface area (Å²) < 4.78 is 13.0. The fourth-order valence-electron chi connectivity index (χ4n) is 3.90. The van der Waals surface area contributed by atoms with E-state index < -0.39 is 11.8 Å². The molecular formula is C28H30ClN3O3. The summed E-state index contributed by atoms with van der Waals surface area (Å²) in [6, 6.07) is 17.6. The van der Waals surface area contributed by atoms with Crippen LogP contribution >= 0.6 is 11.6 Å². The van der Waals surface area contributed by atoms with Crippen molar-refractivity contribution in [2.45, 2.75) is 59.1 Å². The van der Waals surface area contributed by atoms with Crippen molar-refractivity contribution in [2.24, 2.45) is 0 Å². The third-order valence-electron chi connectivity index (χ3n) is 5.53. The molecule has 2 aromatic heterocycles. The molecule has 0 saturated heterocycles. The van der Waals surface area contributed by atoms with Gasteiger partial charge in [0.05, 0.1) is 5.52 Å². The topological polar surface area (TPSA) is 66.2 Å². The lowest BCUT2D eigenvalue weighted by atomic mass is 10.0. The fourth-order valence-corrected chi connectivity index (χ4v) is 4.09. The molecule has 7 heteroatoms. The predicted octanol–water partition coefficient (Wildman–Crippen LogP) is 7.46. The number of carbonyl (C=O) groups excluding carboxylic acids is 1. The van der Waals surface area contributed by atoms with E-state index in [1.54, 1.807) is 33.0 Å². The van der Waals surface area contributed by atoms with E-state index in [9.17, 15) is 4.79 Å². The Morgan fingerprint density at radius 2 is 1.80 bits per heavy atom. The number of carbonyl (C=O) groups is 1. The molecule has 0 radical (unpaired) electrons. The maximum atomic E-state index is 12.2. The summed E-state index contributed by atoms with van der Waals surface area (Å²) in [7, 11) is 0. The number of imidazole rings is 1. The van der Waals surface area contributed by atoms with Gasteiger partial charge in [0.1, 0.15) is 22.7 Å². The molecular weight excluding hydrogens is 462 g/mol. The minimum Gasteiger partial charge on any atom is -0.428 e. The molecule has 0 aliphatic rings. The van der Waals surface area contributed by atoms with Crippen LogP contribution in [0.25, 0.3) is 22.2 Å². The minimum atomic E-state index is -0.721. The molecule has 0 amide bonds. The number of aromatic nitrogens is 3. The summed E-state index contributed by atoms with van der Waals surface area (Å²) >= 11 is 6.32. The largest absolute Gasteiger partial charge is 0.514 e. The van der Waals surface area contributed by atoms with E-state index in [0.29, 0.717) is 17.4 Å². The maximum Gasteiger partial charge on any atom is 0.514 e. The van der Waals surface area contributed by atoms with E-state index >= 15 is 0 Å². The Morgan fingerprint density at radius 3 is 2.51 bits per heavy atom. The van der Waals surface area contributed by atoms with E-state index in [1.165, 1.54) is 0 Å². The van der Waals surface area contributed by atoms with Crippen LogP contribution in [0.1, 0.15) is 51.9 Å². The minimum absolute atomic E-state index is 0.427. The summed E-state index contributed by atoms with van der Waals surface area (Å²) in [5.74, 6) is 1.47. The summed E-state index contributed by atoms with van der Waals surface area (Å²) in [6.07, 6.45) is 4.03. The lowest BCUT2D eigenvalue weighted by molar-refractivity contribution is 0.0207. The van der Waals surface area contributed by atoms with Gasteiger partial charge in [-0.1, -0.05) is 67.4 Å². The number of aryl methyl sites for hydroxylation is 1. The molecule has 0 bridgehead atoms. The number of hydrogen-bond acceptors (Lipinski definition) is 5. The molecule has 0 spiro atoms. The summed E-state index contributed by atoms with van der Waals surface area (Å²) in [5, 5.41) is 0.427. The summed E-state index contributed by atoms with van der Waals surface area (Å²) in [4.78, 5) is 21.2. The summed E-state index contributed by atoms with van der Waals surface area (Å²) in [6.45, 7) is 8.26. The van der Waals surface area contributed by atoms with Gasteiger partial charge in [-0.25, -0.2) is 14.8 Å². The molecule has 0 N–H and O–H groups in total. The first-order chi connectivity index (χ1) is 16.7. The van der Waals surface area contributed by atoms with Crippen LogP contribution in [-0.2, 0) is 17.7 Å². The zero-order chi connectivity index (χ0) is 25.0. The van der Waals surface area contributed by atoms with Crippen LogP contribution in [0.15, 0.2) is 60.8 Å². The zero-order valence-electron chi connectivity index (χ0n) is 20.5. The third kappa shape index (κ3) is 6.01. The second kappa shape index (κ2) is 10.5. The van der Waals surface area contributed by atoms with Crippen LogP contribution in [0, 0.1) is 0 Å². The molecule has 35 heavy (non-hydrogen) atoms. The van der Waals surface area contributed by atoms with Crippen molar-refractivity contribution < 1.29 is 14.3 Å². The van der Waals surface area contributed by atoms with Gasteiger partial charge < -0.3 is 14.0 Å². The quantitative estimate of drug-likeness (QED) is 0.152. The van der Waals surface area contributed by atoms with Crippen LogP contribution < -0.4 is 4.74 Å². The maximum absolute atomic E-state index is 12.2. The van der Waals surface area contributed by atoms with Gasteiger partial charge in [0.15, 0.2) is 5.15 Å². The Bertz CT molecular complexity index is 1320. The standard InChI is InChI=1S/C28H30ClN3O3/c1-5-6-11-24-31-25-22(16-17-30-26(25)29)32(24)18-19-12-14-20(15-13-19)21-9-7-8-10-23(21)34-27(33)35-28(2,3)4/h7-10,12-17H,5-6,11,18H2,1-4H3. The molecule has 0 fully saturated rings. The molecule has 182 valence electrons. The molecule has 4 aromatic rings. The van der Waals surface area contributed by atoms with Crippen LogP contribution in [0.4, 0.5) is 4.79 Å². The van der Waals surface area contributed by atoms with Crippen LogP contribution in [0.5, 0.6) is 5.75 Å². The lowest BCUT2D eigenvalue weighted by Crippen LogP contribution is -2.26. The average molecular weight is 492 g/mol. The molecule has 4 rings (SSSR count). The number of benzene rings is 2. The predicted molar refractivity (Wildman–Crippen MR) is 139 cm³/mol. The van der Waals surface area contributed by atoms with Gasteiger partial charge >= 0.3 is 6.16 Å². The number of hydrogen-bond donors (Lipinski definition) is 0. The number of ether oxygens (including phenoxy) is 2. The number of halogens is 1. The first kappa shape index (κ1) is 24.7. The SMILES string of the molecule is CCCCc1nc2c(Cl)nccc2n1Cc1ccc(-c2ccccc2OC(=O)OC(C)(C)C)cc1. The Balaban J connectivity index is 1.59. The normalized spacial score (nSPS) is 11.6. The van der Waals surface area contributed by atoms with Crippen molar-refractivity contribution >= 4 is 28.8 Å². The molecule has 0 aliphatic heterocycles. The highest BCUT2D eigenvalue weighted by molar-refractivity contribution is 6.33. The van der Waals surface area contributed by atoms with Gasteiger partial charge in [-0.2, -0.15) is 0 Å². The average Bonchev–Trinajstić information content (AvgIpc) is 3.16. The number of rotatable bonds is 7. The van der Waals surface area contributed by atoms with E-state index in [0.717, 1.165) is 52.8 Å². The molecule has 0 unspecified atom stereocenters. The Kier molecular flexibility index (Phi) is 7.41. The van der Waals surface area contributed by atoms with Crippen molar-refractivity contribution in [1.29, 1.82) is 0 Å².